The van der Waals surface area contributed by atoms with E-state index < -0.39 is 4.92 Å². The van der Waals surface area contributed by atoms with E-state index in [2.05, 4.69) is 5.32 Å². The van der Waals surface area contributed by atoms with E-state index >= 15 is 0 Å². The van der Waals surface area contributed by atoms with Crippen molar-refractivity contribution >= 4 is 0 Å². The summed E-state index contributed by atoms with van der Waals surface area (Å²) in [6, 6.07) is 0.230. The van der Waals surface area contributed by atoms with E-state index in [9.17, 15) is 10.1 Å². The number of allylic oxidation sites excluding steroid dienone is 1. The molecule has 0 aromatic rings. The van der Waals surface area contributed by atoms with Crippen LogP contribution in [0.2, 0.25) is 0 Å². The molecule has 2 atom stereocenters. The van der Waals surface area contributed by atoms with E-state index in [4.69, 9.17) is 4.74 Å². The van der Waals surface area contributed by atoms with Gasteiger partial charge in [0.2, 0.25) is 0 Å². The smallest absolute Gasteiger partial charge is 0.252 e. The Labute approximate surface area is 83.3 Å². The topological polar surface area (TPSA) is 64.4 Å². The van der Waals surface area contributed by atoms with Crippen LogP contribution in [0.1, 0.15) is 20.3 Å². The van der Waals surface area contributed by atoms with Gasteiger partial charge in [-0.05, 0) is 20.3 Å². The standard InChI is InChI=1S/C9H16N2O3/c1-7(5-11(12)13)10-8(2)9-3-4-14-6-9/h5,8-10H,3-4,6H2,1-2H3. The molecule has 5 heteroatoms. The van der Waals surface area contributed by atoms with Crippen LogP contribution in [-0.2, 0) is 4.74 Å². The number of rotatable bonds is 4. The zero-order valence-corrected chi connectivity index (χ0v) is 8.53. The SMILES string of the molecule is CC(=C[N+](=O)[O-])NC(C)C1CCOC1. The van der Waals surface area contributed by atoms with E-state index in [1.807, 2.05) is 6.92 Å². The zero-order chi connectivity index (χ0) is 10.6. The molecule has 1 saturated heterocycles. The minimum Gasteiger partial charge on any atom is -0.381 e. The summed E-state index contributed by atoms with van der Waals surface area (Å²) in [6.07, 6.45) is 2.02. The van der Waals surface area contributed by atoms with E-state index in [1.54, 1.807) is 6.92 Å². The molecular formula is C9H16N2O3. The highest BCUT2D eigenvalue weighted by atomic mass is 16.6. The predicted molar refractivity (Wildman–Crippen MR) is 52.3 cm³/mol. The molecule has 0 spiro atoms. The quantitative estimate of drug-likeness (QED) is 0.546. The van der Waals surface area contributed by atoms with Crippen molar-refractivity contribution in [1.82, 2.24) is 5.32 Å². The van der Waals surface area contributed by atoms with Crippen molar-refractivity contribution in [2.45, 2.75) is 26.3 Å². The molecule has 0 aromatic heterocycles. The molecule has 5 nitrogen and oxygen atoms in total. The van der Waals surface area contributed by atoms with Crippen molar-refractivity contribution in [2.24, 2.45) is 5.92 Å². The number of nitrogens with zero attached hydrogens (tertiary/aromatic N) is 1. The van der Waals surface area contributed by atoms with E-state index in [0.717, 1.165) is 25.8 Å². The normalized spacial score (nSPS) is 24.7. The van der Waals surface area contributed by atoms with Gasteiger partial charge in [-0.25, -0.2) is 0 Å². The monoisotopic (exact) mass is 200 g/mol. The minimum atomic E-state index is -0.444. The third-order valence-electron chi connectivity index (χ3n) is 2.43. The van der Waals surface area contributed by atoms with Crippen LogP contribution in [0.4, 0.5) is 0 Å². The van der Waals surface area contributed by atoms with Gasteiger partial charge in [0.25, 0.3) is 6.20 Å². The van der Waals surface area contributed by atoms with Gasteiger partial charge in [0.15, 0.2) is 0 Å². The number of nitrogens with one attached hydrogen (secondary N) is 1. The van der Waals surface area contributed by atoms with Crippen LogP contribution in [0.15, 0.2) is 11.9 Å². The first kappa shape index (κ1) is 11.0. The lowest BCUT2D eigenvalue weighted by atomic mass is 10.0. The Kier molecular flexibility index (Phi) is 3.88. The zero-order valence-electron chi connectivity index (χ0n) is 8.53. The first-order chi connectivity index (χ1) is 6.59. The van der Waals surface area contributed by atoms with Gasteiger partial charge in [0.05, 0.1) is 17.2 Å². The highest BCUT2D eigenvalue weighted by Gasteiger charge is 2.22. The molecule has 14 heavy (non-hydrogen) atoms. The summed E-state index contributed by atoms with van der Waals surface area (Å²) in [7, 11) is 0. The average molecular weight is 200 g/mol. The molecule has 80 valence electrons. The van der Waals surface area contributed by atoms with Crippen molar-refractivity contribution in [3.63, 3.8) is 0 Å². The fourth-order valence-corrected chi connectivity index (χ4v) is 1.62. The maximum atomic E-state index is 10.2. The van der Waals surface area contributed by atoms with Crippen LogP contribution in [0.5, 0.6) is 0 Å². The molecule has 0 bridgehead atoms. The summed E-state index contributed by atoms with van der Waals surface area (Å²) in [4.78, 5) is 9.73. The molecule has 1 N–H and O–H groups in total. The Bertz CT molecular complexity index is 234. The molecule has 1 aliphatic heterocycles. The van der Waals surface area contributed by atoms with Crippen LogP contribution < -0.4 is 5.32 Å². The highest BCUT2D eigenvalue weighted by Crippen LogP contribution is 2.16. The number of hydrogen-bond donors (Lipinski definition) is 1. The lowest BCUT2D eigenvalue weighted by Gasteiger charge is -2.19. The van der Waals surface area contributed by atoms with Crippen molar-refractivity contribution < 1.29 is 9.66 Å². The van der Waals surface area contributed by atoms with Gasteiger partial charge in [-0.15, -0.1) is 0 Å². The minimum absolute atomic E-state index is 0.230. The van der Waals surface area contributed by atoms with Gasteiger partial charge in [-0.1, -0.05) is 0 Å². The molecule has 1 heterocycles. The summed E-state index contributed by atoms with van der Waals surface area (Å²) < 4.78 is 5.25. The Morgan fingerprint density at radius 2 is 2.50 bits per heavy atom. The fourth-order valence-electron chi connectivity index (χ4n) is 1.62. The first-order valence-electron chi connectivity index (χ1n) is 4.76. The van der Waals surface area contributed by atoms with Crippen LogP contribution in [0.25, 0.3) is 0 Å². The molecule has 1 fully saturated rings. The highest BCUT2D eigenvalue weighted by molar-refractivity contribution is 4.93. The lowest BCUT2D eigenvalue weighted by molar-refractivity contribution is -0.403. The second-order valence-electron chi connectivity index (χ2n) is 3.65. The maximum Gasteiger partial charge on any atom is 0.252 e. The molecule has 0 aliphatic carbocycles. The van der Waals surface area contributed by atoms with E-state index in [0.29, 0.717) is 11.6 Å². The van der Waals surface area contributed by atoms with Crippen LogP contribution in [0.3, 0.4) is 0 Å². The second-order valence-corrected chi connectivity index (χ2v) is 3.65. The van der Waals surface area contributed by atoms with Crippen molar-refractivity contribution in [2.75, 3.05) is 13.2 Å². The molecular weight excluding hydrogens is 184 g/mol. The van der Waals surface area contributed by atoms with Crippen molar-refractivity contribution in [3.05, 3.63) is 22.0 Å². The molecule has 2 unspecified atom stereocenters. The second kappa shape index (κ2) is 4.95. The van der Waals surface area contributed by atoms with Crippen LogP contribution in [-0.4, -0.2) is 24.2 Å². The maximum absolute atomic E-state index is 10.2. The number of hydrogen-bond acceptors (Lipinski definition) is 4. The predicted octanol–water partition coefficient (Wildman–Crippen LogP) is 1.14. The third kappa shape index (κ3) is 3.33. The van der Waals surface area contributed by atoms with Gasteiger partial charge in [-0.3, -0.25) is 10.1 Å². The Morgan fingerprint density at radius 1 is 1.79 bits per heavy atom. The number of nitro groups is 1. The van der Waals surface area contributed by atoms with Crippen LogP contribution in [0, 0.1) is 16.0 Å². The van der Waals surface area contributed by atoms with E-state index in [1.165, 1.54) is 0 Å². The average Bonchev–Trinajstić information content (AvgIpc) is 2.53. The Morgan fingerprint density at radius 3 is 3.00 bits per heavy atom. The van der Waals surface area contributed by atoms with Gasteiger partial charge < -0.3 is 10.1 Å². The molecule has 0 saturated carbocycles. The third-order valence-corrected chi connectivity index (χ3v) is 2.43. The summed E-state index contributed by atoms with van der Waals surface area (Å²) in [5.41, 5.74) is 0.592. The summed E-state index contributed by atoms with van der Waals surface area (Å²) in [6.45, 7) is 5.28. The summed E-state index contributed by atoms with van der Waals surface area (Å²) in [5, 5.41) is 13.3. The number of ether oxygens (including phenoxy) is 1. The molecule has 0 radical (unpaired) electrons. The summed E-state index contributed by atoms with van der Waals surface area (Å²) in [5.74, 6) is 0.463. The Hall–Kier alpha value is -1.10. The van der Waals surface area contributed by atoms with Crippen molar-refractivity contribution in [1.29, 1.82) is 0 Å². The largest absolute Gasteiger partial charge is 0.381 e. The van der Waals surface area contributed by atoms with Crippen molar-refractivity contribution in [3.8, 4) is 0 Å². The van der Waals surface area contributed by atoms with E-state index in [-0.39, 0.29) is 6.04 Å². The molecule has 0 aromatic carbocycles. The van der Waals surface area contributed by atoms with Gasteiger partial charge in [0, 0.05) is 18.6 Å². The van der Waals surface area contributed by atoms with Gasteiger partial charge in [-0.2, -0.15) is 0 Å². The van der Waals surface area contributed by atoms with Gasteiger partial charge >= 0.3 is 0 Å². The van der Waals surface area contributed by atoms with Gasteiger partial charge in [0.1, 0.15) is 0 Å². The Balaban J connectivity index is 2.39. The summed E-state index contributed by atoms with van der Waals surface area (Å²) >= 11 is 0. The molecule has 0 amide bonds. The lowest BCUT2D eigenvalue weighted by Crippen LogP contribution is -2.32. The van der Waals surface area contributed by atoms with Crippen LogP contribution >= 0.6 is 0 Å². The fraction of sp³-hybridized carbons (Fsp3) is 0.778. The molecule has 1 rings (SSSR count). The first-order valence-corrected chi connectivity index (χ1v) is 4.76. The molecule has 1 aliphatic rings.